The molecule has 0 bridgehead atoms. The number of hydrogen-bond acceptors (Lipinski definition) is 10. The third kappa shape index (κ3) is 14.1. The van der Waals surface area contributed by atoms with E-state index in [1.807, 2.05) is 36.4 Å². The number of guanidine groups is 1. The second-order valence-electron chi connectivity index (χ2n) is 16.0. The molecule has 2 N–H and O–H groups in total. The number of hydrogen-bond donors (Lipinski definition) is 2. The fraction of sp³-hybridized carbons (Fsp3) is 0.419. The number of alkyl carbamates (subject to hydrolysis) is 2. The Kier molecular flexibility index (Phi) is 14.3. The van der Waals surface area contributed by atoms with Crippen LogP contribution in [0.2, 0.25) is 0 Å². The summed E-state index contributed by atoms with van der Waals surface area (Å²) in [5, 5.41) is 4.84. The SMILES string of the molecule is CC(=O)Cc1cccc(CN(CC(C)=O)C(=O)CC2CCCc3cc(OC(=O)c4ccc(N=C(NC(=O)OC(C)(C)C)NC(=O)OC(C)(C)C)cc4)ccc32)c1. The number of carbonyl (C=O) groups excluding carboxylic acids is 6. The van der Waals surface area contributed by atoms with Gasteiger partial charge in [-0.2, -0.15) is 0 Å². The van der Waals surface area contributed by atoms with Gasteiger partial charge >= 0.3 is 18.2 Å². The molecule has 13 heteroatoms. The maximum absolute atomic E-state index is 13.7. The van der Waals surface area contributed by atoms with Crippen LogP contribution >= 0.6 is 0 Å². The number of nitrogens with zero attached hydrogens (tertiary/aromatic N) is 2. The first-order valence-electron chi connectivity index (χ1n) is 18.6. The topological polar surface area (TPSA) is 170 Å². The number of ether oxygens (including phenoxy) is 3. The van der Waals surface area contributed by atoms with Crippen LogP contribution in [0.1, 0.15) is 113 Å². The van der Waals surface area contributed by atoms with Gasteiger partial charge in [0.25, 0.3) is 0 Å². The summed E-state index contributed by atoms with van der Waals surface area (Å²) >= 11 is 0. The molecular formula is C43H52N4O9. The van der Waals surface area contributed by atoms with Crippen molar-refractivity contribution in [3.8, 4) is 5.75 Å². The molecular weight excluding hydrogens is 716 g/mol. The lowest BCUT2D eigenvalue weighted by molar-refractivity contribution is -0.136. The molecule has 0 spiro atoms. The first-order chi connectivity index (χ1) is 26.2. The van der Waals surface area contributed by atoms with E-state index in [4.69, 9.17) is 14.2 Å². The van der Waals surface area contributed by atoms with Gasteiger partial charge in [-0.15, -0.1) is 0 Å². The Morgan fingerprint density at radius 3 is 2.00 bits per heavy atom. The zero-order valence-electron chi connectivity index (χ0n) is 33.4. The van der Waals surface area contributed by atoms with Gasteiger partial charge in [0.05, 0.1) is 17.8 Å². The van der Waals surface area contributed by atoms with Crippen molar-refractivity contribution in [3.05, 3.63) is 94.5 Å². The first-order valence-corrected chi connectivity index (χ1v) is 18.6. The first kappa shape index (κ1) is 42.9. The molecule has 1 atom stereocenters. The number of benzene rings is 3. The Hall–Kier alpha value is -5.85. The van der Waals surface area contributed by atoms with E-state index in [2.05, 4.69) is 15.6 Å². The molecule has 3 aromatic carbocycles. The van der Waals surface area contributed by atoms with E-state index in [9.17, 15) is 28.8 Å². The lowest BCUT2D eigenvalue weighted by Gasteiger charge is -2.29. The predicted molar refractivity (Wildman–Crippen MR) is 211 cm³/mol. The number of fused-ring (bicyclic) bond motifs is 1. The van der Waals surface area contributed by atoms with Crippen LogP contribution in [0.15, 0.2) is 71.7 Å². The van der Waals surface area contributed by atoms with Gasteiger partial charge in [0, 0.05) is 19.4 Å². The van der Waals surface area contributed by atoms with E-state index >= 15 is 0 Å². The maximum atomic E-state index is 13.7. The average molecular weight is 769 g/mol. The highest BCUT2D eigenvalue weighted by Gasteiger charge is 2.27. The van der Waals surface area contributed by atoms with Crippen molar-refractivity contribution < 1.29 is 43.0 Å². The summed E-state index contributed by atoms with van der Waals surface area (Å²) in [6, 6.07) is 19.0. The lowest BCUT2D eigenvalue weighted by Crippen LogP contribution is -2.47. The number of ketones is 2. The summed E-state index contributed by atoms with van der Waals surface area (Å²) in [5.41, 5.74) is 2.66. The summed E-state index contributed by atoms with van der Waals surface area (Å²) in [7, 11) is 0. The van der Waals surface area contributed by atoms with Crippen molar-refractivity contribution in [2.45, 2.75) is 111 Å². The van der Waals surface area contributed by atoms with E-state index < -0.39 is 29.4 Å². The largest absolute Gasteiger partial charge is 0.444 e. The van der Waals surface area contributed by atoms with Gasteiger partial charge in [-0.3, -0.25) is 25.0 Å². The van der Waals surface area contributed by atoms with Crippen molar-refractivity contribution in [2.24, 2.45) is 4.99 Å². The molecule has 0 radical (unpaired) electrons. The van der Waals surface area contributed by atoms with E-state index in [1.54, 1.807) is 52.5 Å². The molecule has 13 nitrogen and oxygen atoms in total. The Morgan fingerprint density at radius 2 is 1.41 bits per heavy atom. The smallest absolute Gasteiger partial charge is 0.414 e. The van der Waals surface area contributed by atoms with Gasteiger partial charge in [0.1, 0.15) is 28.5 Å². The highest BCUT2D eigenvalue weighted by Crippen LogP contribution is 2.36. The molecule has 4 rings (SSSR count). The Labute approximate surface area is 328 Å². The number of aryl methyl sites for hydroxylation is 1. The Morgan fingerprint density at radius 1 is 0.786 bits per heavy atom. The van der Waals surface area contributed by atoms with E-state index in [0.717, 1.165) is 41.5 Å². The van der Waals surface area contributed by atoms with Gasteiger partial charge in [-0.05, 0) is 139 Å². The van der Waals surface area contributed by atoms with Crippen molar-refractivity contribution in [2.75, 3.05) is 6.54 Å². The van der Waals surface area contributed by atoms with Crippen LogP contribution in [0.3, 0.4) is 0 Å². The van der Waals surface area contributed by atoms with E-state index in [1.165, 1.54) is 38.1 Å². The van der Waals surface area contributed by atoms with E-state index in [0.29, 0.717) is 17.9 Å². The van der Waals surface area contributed by atoms with Crippen molar-refractivity contribution in [3.63, 3.8) is 0 Å². The van der Waals surface area contributed by atoms with Crippen LogP contribution in [0.5, 0.6) is 5.75 Å². The number of Topliss-reactive ketones (excluding diaryl/α,β-unsaturated/α-hetero) is 2. The van der Waals surface area contributed by atoms with Crippen molar-refractivity contribution in [1.29, 1.82) is 0 Å². The number of esters is 1. The van der Waals surface area contributed by atoms with Gasteiger partial charge in [-0.1, -0.05) is 30.3 Å². The monoisotopic (exact) mass is 768 g/mol. The molecule has 0 saturated heterocycles. The third-order valence-corrected chi connectivity index (χ3v) is 8.35. The number of aliphatic imine (C=N–C) groups is 1. The number of nitrogens with one attached hydrogen (secondary N) is 2. The zero-order valence-corrected chi connectivity index (χ0v) is 33.4. The minimum absolute atomic E-state index is 0.00926. The van der Waals surface area contributed by atoms with Gasteiger partial charge in [0.2, 0.25) is 11.9 Å². The van der Waals surface area contributed by atoms with Crippen LogP contribution < -0.4 is 15.4 Å². The van der Waals surface area contributed by atoms with Crippen LogP contribution in [0.4, 0.5) is 15.3 Å². The molecule has 1 unspecified atom stereocenters. The molecule has 0 heterocycles. The molecule has 0 aliphatic heterocycles. The van der Waals surface area contributed by atoms with Crippen LogP contribution in [-0.2, 0) is 43.2 Å². The second-order valence-corrected chi connectivity index (χ2v) is 16.0. The maximum Gasteiger partial charge on any atom is 0.414 e. The van der Waals surface area contributed by atoms with E-state index in [-0.39, 0.29) is 54.4 Å². The number of rotatable bonds is 11. The minimum Gasteiger partial charge on any atom is -0.444 e. The molecule has 0 aromatic heterocycles. The predicted octanol–water partition coefficient (Wildman–Crippen LogP) is 7.50. The van der Waals surface area contributed by atoms with Crippen LogP contribution in [0, 0.1) is 0 Å². The second kappa shape index (κ2) is 18.7. The summed E-state index contributed by atoms with van der Waals surface area (Å²) in [6.45, 7) is 13.4. The molecule has 1 aliphatic rings. The number of amides is 3. The third-order valence-electron chi connectivity index (χ3n) is 8.35. The zero-order chi connectivity index (χ0) is 41.2. The summed E-state index contributed by atoms with van der Waals surface area (Å²) < 4.78 is 16.3. The summed E-state index contributed by atoms with van der Waals surface area (Å²) in [5.74, 6) is -0.753. The Balaban J connectivity index is 1.44. The molecule has 0 fully saturated rings. The Bertz CT molecular complexity index is 1940. The highest BCUT2D eigenvalue weighted by atomic mass is 16.6. The van der Waals surface area contributed by atoms with Gasteiger partial charge < -0.3 is 19.1 Å². The fourth-order valence-electron chi connectivity index (χ4n) is 6.21. The lowest BCUT2D eigenvalue weighted by atomic mass is 9.80. The van der Waals surface area contributed by atoms with Crippen LogP contribution in [0.25, 0.3) is 0 Å². The average Bonchev–Trinajstić information content (AvgIpc) is 3.06. The van der Waals surface area contributed by atoms with Crippen LogP contribution in [-0.4, -0.2) is 64.2 Å². The molecule has 1 aliphatic carbocycles. The molecule has 3 aromatic rings. The van der Waals surface area contributed by atoms with Crippen molar-refractivity contribution >= 4 is 47.3 Å². The molecule has 3 amide bonds. The van der Waals surface area contributed by atoms with Crippen molar-refractivity contribution in [1.82, 2.24) is 15.5 Å². The summed E-state index contributed by atoms with van der Waals surface area (Å²) in [6.07, 6.45) is 1.26. The molecule has 0 saturated carbocycles. The van der Waals surface area contributed by atoms with Gasteiger partial charge in [-0.25, -0.2) is 19.4 Å². The summed E-state index contributed by atoms with van der Waals surface area (Å²) in [4.78, 5) is 81.4. The molecule has 298 valence electrons. The highest BCUT2D eigenvalue weighted by molar-refractivity contribution is 6.02. The fourth-order valence-corrected chi connectivity index (χ4v) is 6.21. The quantitative estimate of drug-likeness (QED) is 0.0868. The molecule has 56 heavy (non-hydrogen) atoms. The number of carbonyl (C=O) groups is 6. The normalized spacial score (nSPS) is 13.7. The van der Waals surface area contributed by atoms with Gasteiger partial charge in [0.15, 0.2) is 0 Å². The minimum atomic E-state index is -0.838. The standard InChI is InChI=1S/C43H52N4O9/c1-27(48)21-29-11-9-12-30(22-29)26-47(25-28(2)49)37(50)24-33-14-10-13-32-23-35(19-20-36(32)33)54-38(51)31-15-17-34(18-16-31)44-39(45-40(52)55-42(3,4)5)46-41(53)56-43(6,7)8/h9,11-12,15-20,22-23,33H,10,13-14,21,24-26H2,1-8H3,(H2,44,45,46,52,53).